The second-order valence-electron chi connectivity index (χ2n) is 2.18. The predicted octanol–water partition coefficient (Wildman–Crippen LogP) is 1.34. The van der Waals surface area contributed by atoms with E-state index < -0.39 is 0 Å². The SMILES string of the molecule is [2H]c1cc2c(OC)cccn2n1. The van der Waals surface area contributed by atoms with E-state index in [1.165, 1.54) is 0 Å². The first-order chi connectivity index (χ1) is 5.81. The summed E-state index contributed by atoms with van der Waals surface area (Å²) < 4.78 is 14.0. The Kier molecular flexibility index (Phi) is 1.07. The van der Waals surface area contributed by atoms with Crippen molar-refractivity contribution in [2.45, 2.75) is 0 Å². The molecule has 0 aromatic carbocycles. The third-order valence-corrected chi connectivity index (χ3v) is 1.56. The smallest absolute Gasteiger partial charge is 0.144 e. The fraction of sp³-hybridized carbons (Fsp3) is 0.125. The van der Waals surface area contributed by atoms with Gasteiger partial charge in [-0.3, -0.25) is 0 Å². The highest BCUT2D eigenvalue weighted by Crippen LogP contribution is 2.16. The largest absolute Gasteiger partial charge is 0.494 e. The first kappa shape index (κ1) is 5.18. The first-order valence-electron chi connectivity index (χ1n) is 3.80. The fourth-order valence-corrected chi connectivity index (χ4v) is 1.04. The maximum absolute atomic E-state index is 7.31. The highest BCUT2D eigenvalue weighted by Gasteiger charge is 1.98. The van der Waals surface area contributed by atoms with Crippen molar-refractivity contribution in [2.24, 2.45) is 0 Å². The van der Waals surface area contributed by atoms with Gasteiger partial charge in [0.2, 0.25) is 0 Å². The van der Waals surface area contributed by atoms with E-state index in [9.17, 15) is 0 Å². The summed E-state index contributed by atoms with van der Waals surface area (Å²) in [6, 6.07) is 5.34. The normalized spacial score (nSPS) is 11.5. The summed E-state index contributed by atoms with van der Waals surface area (Å²) >= 11 is 0. The minimum atomic E-state index is 0.250. The Hall–Kier alpha value is -1.51. The quantitative estimate of drug-likeness (QED) is 0.611. The van der Waals surface area contributed by atoms with E-state index in [0.717, 1.165) is 11.3 Å². The van der Waals surface area contributed by atoms with Gasteiger partial charge in [0.05, 0.1) is 14.7 Å². The van der Waals surface area contributed by atoms with Gasteiger partial charge in [-0.1, -0.05) is 0 Å². The molecule has 0 amide bonds. The molecule has 2 aromatic rings. The molecule has 0 aliphatic heterocycles. The lowest BCUT2D eigenvalue weighted by Crippen LogP contribution is -1.89. The van der Waals surface area contributed by atoms with Crippen molar-refractivity contribution < 1.29 is 6.11 Å². The number of rotatable bonds is 1. The molecule has 0 atom stereocenters. The van der Waals surface area contributed by atoms with E-state index in [4.69, 9.17) is 6.11 Å². The number of hydrogen-bond donors (Lipinski definition) is 0. The highest BCUT2D eigenvalue weighted by atomic mass is 16.5. The Balaban J connectivity index is 2.78. The van der Waals surface area contributed by atoms with Crippen molar-refractivity contribution in [2.75, 3.05) is 7.11 Å². The molecule has 0 unspecified atom stereocenters. The molecule has 0 spiro atoms. The number of methoxy groups -OCH3 is 1. The first-order valence-corrected chi connectivity index (χ1v) is 3.30. The van der Waals surface area contributed by atoms with E-state index in [-0.39, 0.29) is 6.17 Å². The van der Waals surface area contributed by atoms with Crippen LogP contribution in [0.15, 0.2) is 30.6 Å². The highest BCUT2D eigenvalue weighted by molar-refractivity contribution is 5.58. The second-order valence-corrected chi connectivity index (χ2v) is 2.18. The van der Waals surface area contributed by atoms with E-state index >= 15 is 0 Å². The third-order valence-electron chi connectivity index (χ3n) is 1.56. The third kappa shape index (κ3) is 0.852. The number of ether oxygens (including phenoxy) is 1. The monoisotopic (exact) mass is 149 g/mol. The van der Waals surface area contributed by atoms with Crippen LogP contribution in [0.1, 0.15) is 1.37 Å². The average Bonchev–Trinajstić information content (AvgIpc) is 2.44. The summed E-state index contributed by atoms with van der Waals surface area (Å²) in [5.41, 5.74) is 0.824. The van der Waals surface area contributed by atoms with Crippen LogP contribution in [-0.4, -0.2) is 16.7 Å². The molecule has 0 saturated carbocycles. The van der Waals surface area contributed by atoms with Crippen LogP contribution >= 0.6 is 0 Å². The molecule has 0 saturated heterocycles. The zero-order valence-electron chi connectivity index (χ0n) is 7.11. The molecule has 2 rings (SSSR count). The van der Waals surface area contributed by atoms with Crippen LogP contribution in [0.2, 0.25) is 0 Å². The van der Waals surface area contributed by atoms with Crippen molar-refractivity contribution in [1.29, 1.82) is 0 Å². The summed E-state index contributed by atoms with van der Waals surface area (Å²) in [4.78, 5) is 0. The lowest BCUT2D eigenvalue weighted by atomic mass is 10.4. The number of nitrogens with zero attached hydrogens (tertiary/aromatic N) is 2. The van der Waals surface area contributed by atoms with Crippen LogP contribution in [0.25, 0.3) is 5.52 Å². The molecular weight excluding hydrogens is 140 g/mol. The van der Waals surface area contributed by atoms with Gasteiger partial charge < -0.3 is 4.74 Å². The van der Waals surface area contributed by atoms with E-state index in [1.807, 2.05) is 12.1 Å². The van der Waals surface area contributed by atoms with Gasteiger partial charge in [-0.2, -0.15) is 5.10 Å². The molecule has 3 heteroatoms. The van der Waals surface area contributed by atoms with Gasteiger partial charge in [-0.25, -0.2) is 4.52 Å². The van der Waals surface area contributed by atoms with Crippen molar-refractivity contribution in [3.8, 4) is 5.75 Å². The fourth-order valence-electron chi connectivity index (χ4n) is 1.04. The zero-order valence-corrected chi connectivity index (χ0v) is 6.11. The topological polar surface area (TPSA) is 26.5 Å². The van der Waals surface area contributed by atoms with Gasteiger partial charge in [0.25, 0.3) is 0 Å². The molecular formula is C8H8N2O. The van der Waals surface area contributed by atoms with E-state index in [0.29, 0.717) is 0 Å². The van der Waals surface area contributed by atoms with Crippen LogP contribution in [-0.2, 0) is 0 Å². The lowest BCUT2D eigenvalue weighted by molar-refractivity contribution is 0.417. The van der Waals surface area contributed by atoms with Crippen LogP contribution in [0, 0.1) is 0 Å². The van der Waals surface area contributed by atoms with Crippen molar-refractivity contribution >= 4 is 5.52 Å². The summed E-state index contributed by atoms with van der Waals surface area (Å²) in [6.45, 7) is 0. The zero-order chi connectivity index (χ0) is 8.55. The Morgan fingerprint density at radius 3 is 3.36 bits per heavy atom. The number of hydrogen-bond acceptors (Lipinski definition) is 2. The molecule has 0 fully saturated rings. The van der Waals surface area contributed by atoms with Gasteiger partial charge >= 0.3 is 0 Å². The molecule has 0 aliphatic carbocycles. The Labute approximate surface area is 65.6 Å². The molecule has 11 heavy (non-hydrogen) atoms. The summed E-state index contributed by atoms with van der Waals surface area (Å²) in [5, 5.41) is 3.93. The average molecular weight is 149 g/mol. The van der Waals surface area contributed by atoms with Gasteiger partial charge in [0.1, 0.15) is 11.3 Å². The van der Waals surface area contributed by atoms with E-state index in [1.54, 1.807) is 23.9 Å². The van der Waals surface area contributed by atoms with Crippen molar-refractivity contribution in [3.63, 3.8) is 0 Å². The Morgan fingerprint density at radius 2 is 2.55 bits per heavy atom. The predicted molar refractivity (Wildman–Crippen MR) is 41.7 cm³/mol. The number of aromatic nitrogens is 2. The molecule has 2 heterocycles. The number of fused-ring (bicyclic) bond motifs is 1. The van der Waals surface area contributed by atoms with Gasteiger partial charge in [-0.15, -0.1) is 0 Å². The molecule has 56 valence electrons. The minimum absolute atomic E-state index is 0.250. The summed E-state index contributed by atoms with van der Waals surface area (Å²) in [7, 11) is 1.60. The maximum atomic E-state index is 7.31. The van der Waals surface area contributed by atoms with Gasteiger partial charge in [0.15, 0.2) is 0 Å². The Morgan fingerprint density at radius 1 is 1.64 bits per heavy atom. The maximum Gasteiger partial charge on any atom is 0.144 e. The van der Waals surface area contributed by atoms with Crippen LogP contribution in [0.3, 0.4) is 0 Å². The lowest BCUT2D eigenvalue weighted by Gasteiger charge is -1.99. The van der Waals surface area contributed by atoms with E-state index in [2.05, 4.69) is 5.10 Å². The van der Waals surface area contributed by atoms with Crippen LogP contribution < -0.4 is 4.74 Å². The summed E-state index contributed by atoms with van der Waals surface area (Å²) in [5.74, 6) is 0.739. The number of pyridine rings is 1. The van der Waals surface area contributed by atoms with Crippen LogP contribution in [0.4, 0.5) is 0 Å². The molecule has 0 aliphatic rings. The molecule has 0 N–H and O–H groups in total. The minimum Gasteiger partial charge on any atom is -0.494 e. The van der Waals surface area contributed by atoms with Crippen molar-refractivity contribution in [1.82, 2.24) is 9.61 Å². The summed E-state index contributed by atoms with van der Waals surface area (Å²) in [6.07, 6.45) is 2.04. The van der Waals surface area contributed by atoms with Gasteiger partial charge in [0, 0.05) is 6.20 Å². The molecule has 0 bridgehead atoms. The van der Waals surface area contributed by atoms with Crippen molar-refractivity contribution in [3.05, 3.63) is 30.6 Å². The van der Waals surface area contributed by atoms with Gasteiger partial charge in [-0.05, 0) is 18.2 Å². The molecule has 2 aromatic heterocycles. The van der Waals surface area contributed by atoms with Crippen LogP contribution in [0.5, 0.6) is 5.75 Å². The standard InChI is InChI=1S/C8H8N2O/c1-11-8-3-2-6-10-7(8)4-5-9-10/h2-6H,1H3/i5D. The second kappa shape index (κ2) is 2.27. The molecule has 3 nitrogen and oxygen atoms in total. The molecule has 0 radical (unpaired) electrons. The Bertz CT molecular complexity index is 410.